The maximum atomic E-state index is 13.1. The number of piperidine rings is 1. The Morgan fingerprint density at radius 2 is 1.65 bits per heavy atom. The van der Waals surface area contributed by atoms with Gasteiger partial charge in [0.1, 0.15) is 17.7 Å². The van der Waals surface area contributed by atoms with Gasteiger partial charge in [-0.05, 0) is 66.7 Å². The van der Waals surface area contributed by atoms with Crippen LogP contribution in [0.4, 0.5) is 28.9 Å². The Labute approximate surface area is 210 Å². The number of halogens is 4. The van der Waals surface area contributed by atoms with Gasteiger partial charge in [0.15, 0.2) is 0 Å². The Hall–Kier alpha value is -4.14. The normalized spacial score (nSPS) is 14.5. The highest BCUT2D eigenvalue weighted by atomic mass is 19.4. The predicted octanol–water partition coefficient (Wildman–Crippen LogP) is 6.82. The van der Waals surface area contributed by atoms with E-state index < -0.39 is 11.7 Å². The molecular formula is C28H23F4N3O2. The zero-order valence-electron chi connectivity index (χ0n) is 19.6. The van der Waals surface area contributed by atoms with Crippen molar-refractivity contribution in [3.63, 3.8) is 0 Å². The standard InChI is InChI=1S/C28H23F4N3O2/c29-20-4-8-22(9-5-20)37-23-12-15-35(16-13-23)27(36)18-1-6-21(7-2-18)34-25-11-14-33-26-17-19(28(30,31)32)3-10-24(25)26/h1-11,14,17,23H,12-13,15-16H2,(H,33,34). The molecule has 0 spiro atoms. The summed E-state index contributed by atoms with van der Waals surface area (Å²) in [7, 11) is 0. The number of hydrogen-bond acceptors (Lipinski definition) is 4. The highest BCUT2D eigenvalue weighted by Crippen LogP contribution is 2.33. The zero-order chi connectivity index (χ0) is 26.0. The lowest BCUT2D eigenvalue weighted by Crippen LogP contribution is -2.41. The third-order valence-corrected chi connectivity index (χ3v) is 6.33. The smallest absolute Gasteiger partial charge is 0.416 e. The summed E-state index contributed by atoms with van der Waals surface area (Å²) in [6.07, 6.45) is -1.68. The number of nitrogens with zero attached hydrogens (tertiary/aromatic N) is 2. The number of likely N-dealkylation sites (tertiary alicyclic amines) is 1. The zero-order valence-corrected chi connectivity index (χ0v) is 19.6. The van der Waals surface area contributed by atoms with Crippen LogP contribution < -0.4 is 10.1 Å². The lowest BCUT2D eigenvalue weighted by atomic mass is 10.1. The van der Waals surface area contributed by atoms with Crippen molar-refractivity contribution in [2.75, 3.05) is 18.4 Å². The number of aromatic nitrogens is 1. The van der Waals surface area contributed by atoms with Crippen LogP contribution >= 0.6 is 0 Å². The van der Waals surface area contributed by atoms with Crippen molar-refractivity contribution in [2.45, 2.75) is 25.1 Å². The molecule has 1 aliphatic rings. The molecule has 0 atom stereocenters. The van der Waals surface area contributed by atoms with Crippen molar-refractivity contribution in [2.24, 2.45) is 0 Å². The van der Waals surface area contributed by atoms with E-state index in [0.717, 1.165) is 12.1 Å². The first-order chi connectivity index (χ1) is 17.8. The first kappa shape index (κ1) is 24.5. The minimum atomic E-state index is -4.44. The molecule has 1 amide bonds. The molecule has 5 nitrogen and oxygen atoms in total. The highest BCUT2D eigenvalue weighted by molar-refractivity contribution is 5.96. The third kappa shape index (κ3) is 5.66. The number of carbonyl (C=O) groups is 1. The monoisotopic (exact) mass is 509 g/mol. The van der Waals surface area contributed by atoms with Crippen LogP contribution in [0.2, 0.25) is 0 Å². The molecule has 2 heterocycles. The van der Waals surface area contributed by atoms with E-state index >= 15 is 0 Å². The van der Waals surface area contributed by atoms with Gasteiger partial charge >= 0.3 is 6.18 Å². The van der Waals surface area contributed by atoms with E-state index in [-0.39, 0.29) is 23.3 Å². The summed E-state index contributed by atoms with van der Waals surface area (Å²) in [6.45, 7) is 1.10. The number of nitrogens with one attached hydrogen (secondary N) is 1. The van der Waals surface area contributed by atoms with Gasteiger partial charge in [0.05, 0.1) is 11.1 Å². The van der Waals surface area contributed by atoms with Gasteiger partial charge in [0.2, 0.25) is 0 Å². The molecule has 5 rings (SSSR count). The van der Waals surface area contributed by atoms with E-state index in [1.165, 1.54) is 24.4 Å². The number of alkyl halides is 3. The minimum Gasteiger partial charge on any atom is -0.490 e. The van der Waals surface area contributed by atoms with Gasteiger partial charge in [-0.15, -0.1) is 0 Å². The summed E-state index contributed by atoms with van der Waals surface area (Å²) in [5.41, 5.74) is 1.33. The summed E-state index contributed by atoms with van der Waals surface area (Å²) in [5, 5.41) is 3.75. The number of hydrogen-bond donors (Lipinski definition) is 1. The van der Waals surface area contributed by atoms with Crippen molar-refractivity contribution in [1.82, 2.24) is 9.88 Å². The number of pyridine rings is 1. The Balaban J connectivity index is 1.21. The summed E-state index contributed by atoms with van der Waals surface area (Å²) in [4.78, 5) is 18.8. The topological polar surface area (TPSA) is 54.5 Å². The van der Waals surface area contributed by atoms with Crippen molar-refractivity contribution in [1.29, 1.82) is 0 Å². The number of benzene rings is 3. The molecule has 1 aliphatic heterocycles. The highest BCUT2D eigenvalue weighted by Gasteiger charge is 2.30. The van der Waals surface area contributed by atoms with Crippen molar-refractivity contribution in [3.05, 3.63) is 95.9 Å². The number of carbonyl (C=O) groups excluding carboxylic acids is 1. The Kier molecular flexibility index (Phi) is 6.69. The predicted molar refractivity (Wildman–Crippen MR) is 132 cm³/mol. The van der Waals surface area contributed by atoms with Crippen LogP contribution in [-0.4, -0.2) is 35.0 Å². The van der Waals surface area contributed by atoms with E-state index in [4.69, 9.17) is 4.74 Å². The van der Waals surface area contributed by atoms with E-state index in [1.54, 1.807) is 47.4 Å². The molecule has 0 aliphatic carbocycles. The van der Waals surface area contributed by atoms with Gasteiger partial charge in [-0.3, -0.25) is 9.78 Å². The van der Waals surface area contributed by atoms with Crippen molar-refractivity contribution < 1.29 is 27.1 Å². The van der Waals surface area contributed by atoms with E-state index in [9.17, 15) is 22.4 Å². The fourth-order valence-electron chi connectivity index (χ4n) is 4.35. The van der Waals surface area contributed by atoms with E-state index in [0.29, 0.717) is 54.0 Å². The third-order valence-electron chi connectivity index (χ3n) is 6.33. The molecule has 37 heavy (non-hydrogen) atoms. The van der Waals surface area contributed by atoms with Crippen LogP contribution in [-0.2, 0) is 6.18 Å². The molecule has 9 heteroatoms. The lowest BCUT2D eigenvalue weighted by molar-refractivity contribution is -0.137. The fraction of sp³-hybridized carbons (Fsp3) is 0.214. The molecular weight excluding hydrogens is 486 g/mol. The van der Waals surface area contributed by atoms with Gasteiger partial charge in [-0.2, -0.15) is 13.2 Å². The molecule has 4 aromatic rings. The number of amides is 1. The largest absolute Gasteiger partial charge is 0.490 e. The molecule has 0 radical (unpaired) electrons. The fourth-order valence-corrected chi connectivity index (χ4v) is 4.35. The number of anilines is 2. The number of ether oxygens (including phenoxy) is 1. The van der Waals surface area contributed by atoms with E-state index in [1.807, 2.05) is 0 Å². The van der Waals surface area contributed by atoms with Crippen LogP contribution in [0, 0.1) is 5.82 Å². The molecule has 0 bridgehead atoms. The first-order valence-corrected chi connectivity index (χ1v) is 11.8. The maximum absolute atomic E-state index is 13.1. The van der Waals surface area contributed by atoms with Crippen molar-refractivity contribution >= 4 is 28.2 Å². The van der Waals surface area contributed by atoms with Crippen molar-refractivity contribution in [3.8, 4) is 5.75 Å². The number of fused-ring (bicyclic) bond motifs is 1. The van der Waals surface area contributed by atoms with Gasteiger partial charge < -0.3 is 15.0 Å². The molecule has 190 valence electrons. The molecule has 1 fully saturated rings. The molecule has 0 unspecified atom stereocenters. The summed E-state index contributed by atoms with van der Waals surface area (Å²) >= 11 is 0. The summed E-state index contributed by atoms with van der Waals surface area (Å²) < 4.78 is 58.1. The Morgan fingerprint density at radius 3 is 2.32 bits per heavy atom. The van der Waals surface area contributed by atoms with Crippen LogP contribution in [0.15, 0.2) is 79.0 Å². The second kappa shape index (κ2) is 10.1. The minimum absolute atomic E-state index is 0.0384. The molecule has 1 aromatic heterocycles. The molecule has 0 saturated carbocycles. The summed E-state index contributed by atoms with van der Waals surface area (Å²) in [6, 6.07) is 18.0. The van der Waals surface area contributed by atoms with Crippen LogP contribution in [0.3, 0.4) is 0 Å². The second-order valence-corrected chi connectivity index (χ2v) is 8.85. The van der Waals surface area contributed by atoms with Crippen LogP contribution in [0.1, 0.15) is 28.8 Å². The van der Waals surface area contributed by atoms with Crippen LogP contribution in [0.5, 0.6) is 5.75 Å². The maximum Gasteiger partial charge on any atom is 0.416 e. The summed E-state index contributed by atoms with van der Waals surface area (Å²) in [5.74, 6) is 0.209. The van der Waals surface area contributed by atoms with Gasteiger partial charge in [0.25, 0.3) is 5.91 Å². The van der Waals surface area contributed by atoms with Crippen LogP contribution in [0.25, 0.3) is 10.9 Å². The second-order valence-electron chi connectivity index (χ2n) is 8.85. The SMILES string of the molecule is O=C(c1ccc(Nc2ccnc3cc(C(F)(F)F)ccc23)cc1)N1CCC(Oc2ccc(F)cc2)CC1. The molecule has 3 aromatic carbocycles. The van der Waals surface area contributed by atoms with E-state index in [2.05, 4.69) is 10.3 Å². The van der Waals surface area contributed by atoms with Gasteiger partial charge in [-0.1, -0.05) is 6.07 Å². The molecule has 1 N–H and O–H groups in total. The Bertz CT molecular complexity index is 1400. The quantitative estimate of drug-likeness (QED) is 0.300. The average molecular weight is 510 g/mol. The van der Waals surface area contributed by atoms with Gasteiger partial charge in [-0.25, -0.2) is 4.39 Å². The lowest BCUT2D eigenvalue weighted by Gasteiger charge is -2.32. The average Bonchev–Trinajstić information content (AvgIpc) is 2.90. The molecule has 1 saturated heterocycles. The first-order valence-electron chi connectivity index (χ1n) is 11.8. The van der Waals surface area contributed by atoms with Gasteiger partial charge in [0, 0.05) is 54.5 Å². The number of rotatable bonds is 5. The Morgan fingerprint density at radius 1 is 0.946 bits per heavy atom.